The molecule has 1 aliphatic heterocycles. The monoisotopic (exact) mass is 255 g/mol. The SMILES string of the molecule is CCC(C)(C(O)c1ccsc1)N1CCOCC1. The molecule has 1 saturated heterocycles. The number of hydrogen-bond donors (Lipinski definition) is 1. The molecule has 0 aliphatic carbocycles. The van der Waals surface area contributed by atoms with Crippen LogP contribution in [0.15, 0.2) is 16.8 Å². The van der Waals surface area contributed by atoms with Gasteiger partial charge < -0.3 is 9.84 Å². The van der Waals surface area contributed by atoms with E-state index in [1.165, 1.54) is 0 Å². The Bertz CT molecular complexity index is 335. The Morgan fingerprint density at radius 1 is 1.53 bits per heavy atom. The smallest absolute Gasteiger partial charge is 0.0978 e. The third kappa shape index (κ3) is 2.55. The van der Waals surface area contributed by atoms with Gasteiger partial charge in [-0.05, 0) is 35.7 Å². The molecule has 2 heterocycles. The van der Waals surface area contributed by atoms with Gasteiger partial charge in [0.25, 0.3) is 0 Å². The van der Waals surface area contributed by atoms with E-state index in [1.54, 1.807) is 11.3 Å². The molecule has 1 aromatic heterocycles. The summed E-state index contributed by atoms with van der Waals surface area (Å²) in [6, 6.07) is 2.02. The van der Waals surface area contributed by atoms with Crippen molar-refractivity contribution in [1.82, 2.24) is 4.90 Å². The second-order valence-corrected chi connectivity index (χ2v) is 5.55. The molecule has 0 aromatic carbocycles. The van der Waals surface area contributed by atoms with Crippen LogP contribution >= 0.6 is 11.3 Å². The fourth-order valence-electron chi connectivity index (χ4n) is 2.45. The summed E-state index contributed by atoms with van der Waals surface area (Å²) in [5.41, 5.74) is 0.844. The minimum Gasteiger partial charge on any atom is -0.386 e. The molecule has 17 heavy (non-hydrogen) atoms. The van der Waals surface area contributed by atoms with Crippen LogP contribution in [0.2, 0.25) is 0 Å². The second kappa shape index (κ2) is 5.48. The molecule has 4 heteroatoms. The zero-order valence-corrected chi connectivity index (χ0v) is 11.4. The molecule has 1 N–H and O–H groups in total. The van der Waals surface area contributed by atoms with Gasteiger partial charge in [-0.15, -0.1) is 0 Å². The van der Waals surface area contributed by atoms with E-state index in [-0.39, 0.29) is 5.54 Å². The maximum absolute atomic E-state index is 10.6. The lowest BCUT2D eigenvalue weighted by molar-refractivity contribution is -0.0733. The van der Waals surface area contributed by atoms with Crippen LogP contribution in [0.4, 0.5) is 0 Å². The van der Waals surface area contributed by atoms with Gasteiger partial charge in [-0.3, -0.25) is 4.90 Å². The first-order chi connectivity index (χ1) is 8.18. The highest BCUT2D eigenvalue weighted by Gasteiger charge is 2.38. The van der Waals surface area contributed by atoms with Crippen LogP contribution in [0.25, 0.3) is 0 Å². The van der Waals surface area contributed by atoms with Crippen molar-refractivity contribution >= 4 is 11.3 Å². The zero-order chi connectivity index (χ0) is 12.3. The van der Waals surface area contributed by atoms with E-state index in [9.17, 15) is 5.11 Å². The van der Waals surface area contributed by atoms with E-state index >= 15 is 0 Å². The second-order valence-electron chi connectivity index (χ2n) is 4.77. The van der Waals surface area contributed by atoms with Crippen LogP contribution in [0.5, 0.6) is 0 Å². The lowest BCUT2D eigenvalue weighted by Gasteiger charge is -2.45. The minimum absolute atomic E-state index is 0.190. The average Bonchev–Trinajstić information content (AvgIpc) is 2.92. The van der Waals surface area contributed by atoms with Gasteiger partial charge in [0.2, 0.25) is 0 Å². The lowest BCUT2D eigenvalue weighted by atomic mass is 9.86. The van der Waals surface area contributed by atoms with Gasteiger partial charge in [-0.2, -0.15) is 11.3 Å². The number of nitrogens with zero attached hydrogens (tertiary/aromatic N) is 1. The van der Waals surface area contributed by atoms with Gasteiger partial charge in [-0.1, -0.05) is 6.92 Å². The third-order valence-corrected chi connectivity index (χ3v) is 4.60. The maximum Gasteiger partial charge on any atom is 0.0978 e. The summed E-state index contributed by atoms with van der Waals surface area (Å²) in [6.07, 6.45) is 0.515. The van der Waals surface area contributed by atoms with Crippen molar-refractivity contribution in [1.29, 1.82) is 0 Å². The van der Waals surface area contributed by atoms with Crippen molar-refractivity contribution in [2.45, 2.75) is 31.9 Å². The molecule has 0 bridgehead atoms. The van der Waals surface area contributed by atoms with Crippen molar-refractivity contribution in [3.8, 4) is 0 Å². The number of ether oxygens (including phenoxy) is 1. The molecule has 2 unspecified atom stereocenters. The minimum atomic E-state index is -0.420. The molecule has 0 radical (unpaired) electrons. The largest absolute Gasteiger partial charge is 0.386 e. The number of rotatable bonds is 4. The van der Waals surface area contributed by atoms with Gasteiger partial charge in [0.15, 0.2) is 0 Å². The fraction of sp³-hybridized carbons (Fsp3) is 0.692. The molecule has 1 aliphatic rings. The van der Waals surface area contributed by atoms with Crippen LogP contribution in [-0.4, -0.2) is 41.8 Å². The average molecular weight is 255 g/mol. The fourth-order valence-corrected chi connectivity index (χ4v) is 3.13. The van der Waals surface area contributed by atoms with Gasteiger partial charge in [0.1, 0.15) is 0 Å². The zero-order valence-electron chi connectivity index (χ0n) is 10.6. The van der Waals surface area contributed by atoms with Crippen LogP contribution < -0.4 is 0 Å². The van der Waals surface area contributed by atoms with Gasteiger partial charge in [0.05, 0.1) is 19.3 Å². The maximum atomic E-state index is 10.6. The van der Waals surface area contributed by atoms with E-state index < -0.39 is 6.10 Å². The molecular formula is C13H21NO2S. The van der Waals surface area contributed by atoms with Crippen molar-refractivity contribution in [3.63, 3.8) is 0 Å². The molecule has 3 nitrogen and oxygen atoms in total. The van der Waals surface area contributed by atoms with Gasteiger partial charge >= 0.3 is 0 Å². The summed E-state index contributed by atoms with van der Waals surface area (Å²) < 4.78 is 5.39. The molecule has 2 rings (SSSR count). The first kappa shape index (κ1) is 13.0. The first-order valence-electron chi connectivity index (χ1n) is 6.21. The van der Waals surface area contributed by atoms with Crippen LogP contribution in [0.1, 0.15) is 31.9 Å². The van der Waals surface area contributed by atoms with Crippen LogP contribution in [-0.2, 0) is 4.74 Å². The van der Waals surface area contributed by atoms with E-state index in [2.05, 4.69) is 18.7 Å². The molecule has 0 spiro atoms. The van der Waals surface area contributed by atoms with E-state index in [0.717, 1.165) is 38.3 Å². The van der Waals surface area contributed by atoms with Gasteiger partial charge in [0, 0.05) is 18.6 Å². The topological polar surface area (TPSA) is 32.7 Å². The standard InChI is InChI=1S/C13H21NO2S/c1-3-13(2,14-5-7-16-8-6-14)12(15)11-4-9-17-10-11/h4,9-10,12,15H,3,5-8H2,1-2H3. The highest BCUT2D eigenvalue weighted by atomic mass is 32.1. The van der Waals surface area contributed by atoms with Crippen molar-refractivity contribution in [2.75, 3.05) is 26.3 Å². The molecule has 2 atom stereocenters. The van der Waals surface area contributed by atoms with Crippen LogP contribution in [0, 0.1) is 0 Å². The van der Waals surface area contributed by atoms with E-state index in [0.29, 0.717) is 0 Å². The predicted molar refractivity (Wildman–Crippen MR) is 70.4 cm³/mol. The number of hydrogen-bond acceptors (Lipinski definition) is 4. The molecule has 1 aromatic rings. The number of thiophene rings is 1. The summed E-state index contributed by atoms with van der Waals surface area (Å²) >= 11 is 1.64. The normalized spacial score (nSPS) is 23.2. The summed E-state index contributed by atoms with van der Waals surface area (Å²) in [6.45, 7) is 7.65. The van der Waals surface area contributed by atoms with Gasteiger partial charge in [-0.25, -0.2) is 0 Å². The summed E-state index contributed by atoms with van der Waals surface area (Å²) in [7, 11) is 0. The molecule has 1 fully saturated rings. The third-order valence-electron chi connectivity index (χ3n) is 3.90. The Morgan fingerprint density at radius 2 is 2.24 bits per heavy atom. The summed E-state index contributed by atoms with van der Waals surface area (Å²) in [4.78, 5) is 2.36. The Morgan fingerprint density at radius 3 is 2.76 bits per heavy atom. The van der Waals surface area contributed by atoms with E-state index in [1.807, 2.05) is 16.8 Å². The number of aliphatic hydroxyl groups excluding tert-OH is 1. The van der Waals surface area contributed by atoms with E-state index in [4.69, 9.17) is 4.74 Å². The molecule has 0 saturated carbocycles. The Kier molecular flexibility index (Phi) is 4.20. The Hall–Kier alpha value is -0.420. The highest BCUT2D eigenvalue weighted by Crippen LogP contribution is 2.35. The highest BCUT2D eigenvalue weighted by molar-refractivity contribution is 7.07. The summed E-state index contributed by atoms with van der Waals surface area (Å²) in [5.74, 6) is 0. The van der Waals surface area contributed by atoms with Crippen LogP contribution in [0.3, 0.4) is 0 Å². The Labute approximate surface area is 107 Å². The first-order valence-corrected chi connectivity index (χ1v) is 7.15. The number of morpholine rings is 1. The molecule has 96 valence electrons. The summed E-state index contributed by atoms with van der Waals surface area (Å²) in [5, 5.41) is 14.7. The molecule has 0 amide bonds. The Balaban J connectivity index is 2.17. The number of aliphatic hydroxyl groups is 1. The molecular weight excluding hydrogens is 234 g/mol. The quantitative estimate of drug-likeness (QED) is 0.896. The predicted octanol–water partition coefficient (Wildman–Crippen LogP) is 2.28. The van der Waals surface area contributed by atoms with Crippen molar-refractivity contribution in [3.05, 3.63) is 22.4 Å². The van der Waals surface area contributed by atoms with Crippen molar-refractivity contribution in [2.24, 2.45) is 0 Å². The lowest BCUT2D eigenvalue weighted by Crippen LogP contribution is -2.54. The van der Waals surface area contributed by atoms with Crippen molar-refractivity contribution < 1.29 is 9.84 Å².